The maximum atomic E-state index is 10.8. The maximum Gasteiger partial charge on any atom is 0.324 e. The van der Waals surface area contributed by atoms with Crippen LogP contribution in [0.15, 0.2) is 12.1 Å². The predicted octanol–water partition coefficient (Wildman–Crippen LogP) is 2.74. The lowest BCUT2D eigenvalue weighted by molar-refractivity contribution is -0.144. The fraction of sp³-hybridized carbons (Fsp3) is 0.625. The third-order valence-electron chi connectivity index (χ3n) is 3.90. The lowest BCUT2D eigenvalue weighted by atomic mass is 10.0. The molecule has 116 valence electrons. The van der Waals surface area contributed by atoms with Gasteiger partial charge in [-0.3, -0.25) is 4.79 Å². The van der Waals surface area contributed by atoms with E-state index in [1.165, 1.54) is 24.1 Å². The van der Waals surface area contributed by atoms with Gasteiger partial charge in [0.25, 0.3) is 0 Å². The molecular formula is C16H25N3O2. The average molecular weight is 291 g/mol. The van der Waals surface area contributed by atoms with E-state index >= 15 is 0 Å². The van der Waals surface area contributed by atoms with Gasteiger partial charge >= 0.3 is 5.97 Å². The van der Waals surface area contributed by atoms with E-state index in [0.717, 1.165) is 50.9 Å². The molecule has 0 amide bonds. The predicted molar refractivity (Wildman–Crippen MR) is 82.7 cm³/mol. The number of rotatable bonds is 8. The van der Waals surface area contributed by atoms with Gasteiger partial charge in [-0.2, -0.15) is 5.90 Å². The van der Waals surface area contributed by atoms with Crippen molar-refractivity contribution >= 4 is 11.8 Å². The first-order chi connectivity index (χ1) is 10.3. The molecule has 0 fully saturated rings. The van der Waals surface area contributed by atoms with Crippen LogP contribution in [0.3, 0.4) is 0 Å². The van der Waals surface area contributed by atoms with Crippen molar-refractivity contribution in [2.75, 3.05) is 11.9 Å². The molecule has 2 rings (SSSR count). The van der Waals surface area contributed by atoms with Gasteiger partial charge in [-0.1, -0.05) is 25.3 Å². The van der Waals surface area contributed by atoms with Gasteiger partial charge in [-0.15, -0.1) is 0 Å². The quantitative estimate of drug-likeness (QED) is 0.569. The first-order valence-corrected chi connectivity index (χ1v) is 7.92. The minimum Gasteiger partial charge on any atom is -0.373 e. The summed E-state index contributed by atoms with van der Waals surface area (Å²) in [7, 11) is 0. The highest BCUT2D eigenvalue weighted by Gasteiger charge is 2.09. The fourth-order valence-corrected chi connectivity index (χ4v) is 2.67. The molecule has 0 unspecified atom stereocenters. The molecule has 2 heterocycles. The van der Waals surface area contributed by atoms with Crippen molar-refractivity contribution in [3.63, 3.8) is 0 Å². The lowest BCUT2D eigenvalue weighted by Gasteiger charge is -2.17. The molecule has 3 N–H and O–H groups in total. The van der Waals surface area contributed by atoms with Crippen LogP contribution in [0.25, 0.3) is 0 Å². The number of nitrogens with two attached hydrogens (primary N) is 1. The molecular weight excluding hydrogens is 266 g/mol. The zero-order chi connectivity index (χ0) is 14.9. The van der Waals surface area contributed by atoms with Crippen molar-refractivity contribution in [2.45, 2.75) is 57.8 Å². The zero-order valence-corrected chi connectivity index (χ0v) is 12.6. The molecule has 0 bridgehead atoms. The van der Waals surface area contributed by atoms with E-state index in [4.69, 9.17) is 10.9 Å². The van der Waals surface area contributed by atoms with E-state index in [9.17, 15) is 4.79 Å². The van der Waals surface area contributed by atoms with Crippen LogP contribution < -0.4 is 11.2 Å². The molecule has 5 heteroatoms. The first kappa shape index (κ1) is 15.8. The van der Waals surface area contributed by atoms with Gasteiger partial charge in [-0.05, 0) is 43.7 Å². The SMILES string of the molecule is NOC(=O)CCCCCCCc1ccc2c(n1)NCCC2. The molecule has 0 atom stereocenters. The number of aryl methyl sites for hydroxylation is 2. The van der Waals surface area contributed by atoms with Crippen LogP contribution in [0.4, 0.5) is 5.82 Å². The zero-order valence-electron chi connectivity index (χ0n) is 12.6. The van der Waals surface area contributed by atoms with Crippen molar-refractivity contribution in [2.24, 2.45) is 5.90 Å². The summed E-state index contributed by atoms with van der Waals surface area (Å²) in [5.74, 6) is 5.55. The summed E-state index contributed by atoms with van der Waals surface area (Å²) in [6.45, 7) is 1.04. The number of fused-ring (bicyclic) bond motifs is 1. The molecule has 0 spiro atoms. The van der Waals surface area contributed by atoms with Crippen LogP contribution in [-0.2, 0) is 22.5 Å². The van der Waals surface area contributed by atoms with Crippen molar-refractivity contribution in [1.82, 2.24) is 4.98 Å². The van der Waals surface area contributed by atoms with Crippen LogP contribution in [0.1, 0.15) is 56.2 Å². The molecule has 0 saturated heterocycles. The second kappa shape index (κ2) is 8.62. The van der Waals surface area contributed by atoms with E-state index < -0.39 is 0 Å². The number of pyridine rings is 1. The highest BCUT2D eigenvalue weighted by atomic mass is 16.7. The Bertz CT molecular complexity index is 463. The van der Waals surface area contributed by atoms with Crippen LogP contribution in [0, 0.1) is 0 Å². The number of aromatic nitrogens is 1. The Labute approximate surface area is 126 Å². The molecule has 21 heavy (non-hydrogen) atoms. The second-order valence-electron chi connectivity index (χ2n) is 5.60. The molecule has 0 saturated carbocycles. The van der Waals surface area contributed by atoms with Crippen molar-refractivity contribution in [3.8, 4) is 0 Å². The molecule has 1 aliphatic rings. The largest absolute Gasteiger partial charge is 0.373 e. The molecule has 1 aliphatic heterocycles. The third kappa shape index (κ3) is 5.34. The van der Waals surface area contributed by atoms with Gasteiger partial charge in [-0.25, -0.2) is 4.98 Å². The van der Waals surface area contributed by atoms with E-state index in [2.05, 4.69) is 22.3 Å². The van der Waals surface area contributed by atoms with Crippen LogP contribution >= 0.6 is 0 Å². The summed E-state index contributed by atoms with van der Waals surface area (Å²) in [6, 6.07) is 4.37. The summed E-state index contributed by atoms with van der Waals surface area (Å²) in [4.78, 5) is 19.7. The summed E-state index contributed by atoms with van der Waals surface area (Å²) in [5, 5.41) is 3.37. The van der Waals surface area contributed by atoms with Crippen LogP contribution in [0.2, 0.25) is 0 Å². The minimum absolute atomic E-state index is 0.319. The summed E-state index contributed by atoms with van der Waals surface area (Å²) < 4.78 is 0. The van der Waals surface area contributed by atoms with Gasteiger partial charge in [0.1, 0.15) is 5.82 Å². The number of hydrogen-bond donors (Lipinski definition) is 2. The normalized spacial score (nSPS) is 13.4. The maximum absolute atomic E-state index is 10.8. The number of nitrogens with one attached hydrogen (secondary N) is 1. The minimum atomic E-state index is -0.319. The molecule has 1 aromatic heterocycles. The smallest absolute Gasteiger partial charge is 0.324 e. The van der Waals surface area contributed by atoms with E-state index in [-0.39, 0.29) is 5.97 Å². The number of unbranched alkanes of at least 4 members (excludes halogenated alkanes) is 4. The highest BCUT2D eigenvalue weighted by molar-refractivity contribution is 5.68. The second-order valence-corrected chi connectivity index (χ2v) is 5.60. The molecule has 0 aliphatic carbocycles. The van der Waals surface area contributed by atoms with Crippen molar-refractivity contribution in [3.05, 3.63) is 23.4 Å². The van der Waals surface area contributed by atoms with Gasteiger partial charge in [0.05, 0.1) is 0 Å². The Hall–Kier alpha value is -1.62. The van der Waals surface area contributed by atoms with E-state index in [0.29, 0.717) is 6.42 Å². The van der Waals surface area contributed by atoms with Crippen molar-refractivity contribution in [1.29, 1.82) is 0 Å². The van der Waals surface area contributed by atoms with Crippen molar-refractivity contribution < 1.29 is 9.63 Å². The molecule has 0 radical (unpaired) electrons. The molecule has 5 nitrogen and oxygen atoms in total. The molecule has 1 aromatic rings. The summed E-state index contributed by atoms with van der Waals surface area (Å²) in [5.41, 5.74) is 2.52. The lowest BCUT2D eigenvalue weighted by Crippen LogP contribution is -2.13. The Balaban J connectivity index is 1.59. The van der Waals surface area contributed by atoms with Crippen LogP contribution in [-0.4, -0.2) is 17.5 Å². The van der Waals surface area contributed by atoms with Gasteiger partial charge in [0.2, 0.25) is 0 Å². The first-order valence-electron chi connectivity index (χ1n) is 7.92. The van der Waals surface area contributed by atoms with Gasteiger partial charge < -0.3 is 10.2 Å². The third-order valence-corrected chi connectivity index (χ3v) is 3.90. The Morgan fingerprint density at radius 2 is 2.05 bits per heavy atom. The van der Waals surface area contributed by atoms with E-state index in [1.54, 1.807) is 0 Å². The monoisotopic (exact) mass is 291 g/mol. The van der Waals surface area contributed by atoms with Crippen LogP contribution in [0.5, 0.6) is 0 Å². The standard InChI is InChI=1S/C16H25N3O2/c17-21-15(20)9-5-3-1-2-4-8-14-11-10-13-7-6-12-18-16(13)19-14/h10-11H,1-9,12,17H2,(H,18,19). The number of hydrogen-bond acceptors (Lipinski definition) is 5. The topological polar surface area (TPSA) is 77.2 Å². The average Bonchev–Trinajstić information content (AvgIpc) is 2.53. The summed E-state index contributed by atoms with van der Waals surface area (Å²) in [6.07, 6.45) is 9.16. The number of anilines is 1. The highest BCUT2D eigenvalue weighted by Crippen LogP contribution is 2.20. The number of nitrogens with zero attached hydrogens (tertiary/aromatic N) is 1. The van der Waals surface area contributed by atoms with E-state index in [1.807, 2.05) is 0 Å². The Morgan fingerprint density at radius 3 is 2.90 bits per heavy atom. The number of carbonyl (C=O) groups excluding carboxylic acids is 1. The Morgan fingerprint density at radius 1 is 1.24 bits per heavy atom. The Kier molecular flexibility index (Phi) is 6.47. The summed E-state index contributed by atoms with van der Waals surface area (Å²) >= 11 is 0. The fourth-order valence-electron chi connectivity index (χ4n) is 2.67. The molecule has 0 aromatic carbocycles. The van der Waals surface area contributed by atoms with Gasteiger partial charge in [0, 0.05) is 18.7 Å². The number of carbonyl (C=O) groups is 1. The van der Waals surface area contributed by atoms with Gasteiger partial charge in [0.15, 0.2) is 0 Å².